The Morgan fingerprint density at radius 3 is 2.00 bits per heavy atom. The van der Waals surface area contributed by atoms with Gasteiger partial charge in [-0.15, -0.1) is 0 Å². The lowest BCUT2D eigenvalue weighted by molar-refractivity contribution is 0.470. The summed E-state index contributed by atoms with van der Waals surface area (Å²) in [6.07, 6.45) is 3.79. The minimum absolute atomic E-state index is 0.786. The van der Waals surface area contributed by atoms with Gasteiger partial charge in [0.05, 0.1) is 11.4 Å². The average Bonchev–Trinajstić information content (AvgIpc) is 2.50. The first-order valence-corrected chi connectivity index (χ1v) is 7.89. The van der Waals surface area contributed by atoms with Crippen molar-refractivity contribution in [2.24, 2.45) is 5.92 Å². The molecular weight excluding hydrogens is 258 g/mol. The summed E-state index contributed by atoms with van der Waals surface area (Å²) in [6, 6.07) is 16.6. The fraction of sp³-hybridized carbons (Fsp3) is 0.368. The molecule has 2 aromatic carbocycles. The van der Waals surface area contributed by atoms with Crippen LogP contribution in [0.1, 0.15) is 33.1 Å². The maximum absolute atomic E-state index is 6.01. The minimum Gasteiger partial charge on any atom is -0.453 e. The van der Waals surface area contributed by atoms with Crippen molar-refractivity contribution in [3.8, 4) is 11.5 Å². The first-order chi connectivity index (χ1) is 10.3. The predicted molar refractivity (Wildman–Crippen MR) is 88.7 cm³/mol. The van der Waals surface area contributed by atoms with Crippen LogP contribution in [0.2, 0.25) is 0 Å². The quantitative estimate of drug-likeness (QED) is 0.646. The molecule has 0 bridgehead atoms. The molecule has 21 heavy (non-hydrogen) atoms. The molecule has 0 fully saturated rings. The molecule has 0 unspecified atom stereocenters. The number of anilines is 2. The van der Waals surface area contributed by atoms with Gasteiger partial charge >= 0.3 is 0 Å². The van der Waals surface area contributed by atoms with Gasteiger partial charge in [0.1, 0.15) is 0 Å². The van der Waals surface area contributed by atoms with Crippen molar-refractivity contribution < 1.29 is 4.74 Å². The van der Waals surface area contributed by atoms with Crippen LogP contribution in [-0.4, -0.2) is 6.54 Å². The van der Waals surface area contributed by atoms with Gasteiger partial charge in [-0.2, -0.15) is 0 Å². The van der Waals surface area contributed by atoms with Crippen molar-refractivity contribution in [3.05, 3.63) is 48.5 Å². The third-order valence-corrected chi connectivity index (χ3v) is 3.95. The van der Waals surface area contributed by atoms with Crippen LogP contribution in [0.25, 0.3) is 0 Å². The molecule has 0 spiro atoms. The average molecular weight is 281 g/mol. The number of unbranched alkanes of at least 4 members (excludes halogenated alkanes) is 1. The molecule has 3 rings (SSSR count). The van der Waals surface area contributed by atoms with Crippen LogP contribution in [0, 0.1) is 5.92 Å². The highest BCUT2D eigenvalue weighted by Crippen LogP contribution is 2.46. The molecule has 110 valence electrons. The van der Waals surface area contributed by atoms with Crippen molar-refractivity contribution in [3.63, 3.8) is 0 Å². The molecule has 0 amide bonds. The van der Waals surface area contributed by atoms with E-state index >= 15 is 0 Å². The molecular formula is C19H23NO. The number of rotatable bonds is 5. The lowest BCUT2D eigenvalue weighted by Crippen LogP contribution is -2.22. The highest BCUT2D eigenvalue weighted by atomic mass is 16.5. The normalized spacial score (nSPS) is 12.8. The first kappa shape index (κ1) is 14.0. The van der Waals surface area contributed by atoms with Crippen LogP contribution < -0.4 is 9.64 Å². The summed E-state index contributed by atoms with van der Waals surface area (Å²) < 4.78 is 6.01. The van der Waals surface area contributed by atoms with Crippen molar-refractivity contribution >= 4 is 11.4 Å². The number of hydrogen-bond acceptors (Lipinski definition) is 2. The van der Waals surface area contributed by atoms with Crippen molar-refractivity contribution in [2.75, 3.05) is 11.4 Å². The summed E-state index contributed by atoms with van der Waals surface area (Å²) in [5, 5.41) is 0. The topological polar surface area (TPSA) is 12.5 Å². The smallest absolute Gasteiger partial charge is 0.151 e. The van der Waals surface area contributed by atoms with Gasteiger partial charge in [-0.1, -0.05) is 51.0 Å². The summed E-state index contributed by atoms with van der Waals surface area (Å²) in [5.74, 6) is 2.70. The second-order valence-electron chi connectivity index (χ2n) is 6.08. The van der Waals surface area contributed by atoms with E-state index in [1.807, 2.05) is 24.3 Å². The molecule has 0 saturated carbocycles. The van der Waals surface area contributed by atoms with Crippen LogP contribution in [0.4, 0.5) is 11.4 Å². The molecule has 1 aliphatic rings. The second kappa shape index (κ2) is 6.21. The lowest BCUT2D eigenvalue weighted by Gasteiger charge is -2.32. The van der Waals surface area contributed by atoms with E-state index in [2.05, 4.69) is 43.0 Å². The van der Waals surface area contributed by atoms with Gasteiger partial charge in [0.2, 0.25) is 0 Å². The van der Waals surface area contributed by atoms with Crippen LogP contribution in [0.15, 0.2) is 48.5 Å². The molecule has 0 N–H and O–H groups in total. The zero-order valence-corrected chi connectivity index (χ0v) is 12.9. The summed E-state index contributed by atoms with van der Waals surface area (Å²) in [7, 11) is 0. The third kappa shape index (κ3) is 3.05. The Morgan fingerprint density at radius 1 is 0.857 bits per heavy atom. The van der Waals surface area contributed by atoms with E-state index in [4.69, 9.17) is 4.74 Å². The number of nitrogens with zero attached hydrogens (tertiary/aromatic N) is 1. The summed E-state index contributed by atoms with van der Waals surface area (Å²) in [6.45, 7) is 5.63. The zero-order valence-electron chi connectivity index (χ0n) is 12.9. The highest BCUT2D eigenvalue weighted by molar-refractivity contribution is 5.77. The molecule has 1 aliphatic heterocycles. The molecule has 0 atom stereocenters. The van der Waals surface area contributed by atoms with Crippen LogP contribution >= 0.6 is 0 Å². The Kier molecular flexibility index (Phi) is 4.14. The van der Waals surface area contributed by atoms with E-state index in [0.717, 1.165) is 24.0 Å². The largest absolute Gasteiger partial charge is 0.453 e. The molecule has 0 aromatic heterocycles. The number of fused-ring (bicyclic) bond motifs is 2. The van der Waals surface area contributed by atoms with E-state index in [1.54, 1.807) is 0 Å². The zero-order chi connectivity index (χ0) is 14.7. The summed E-state index contributed by atoms with van der Waals surface area (Å²) in [4.78, 5) is 2.40. The number of benzene rings is 2. The Labute approximate surface area is 127 Å². The van der Waals surface area contributed by atoms with E-state index in [9.17, 15) is 0 Å². The van der Waals surface area contributed by atoms with E-state index in [-0.39, 0.29) is 0 Å². The maximum Gasteiger partial charge on any atom is 0.151 e. The van der Waals surface area contributed by atoms with Crippen molar-refractivity contribution in [1.29, 1.82) is 0 Å². The van der Waals surface area contributed by atoms with Gasteiger partial charge in [0, 0.05) is 6.54 Å². The summed E-state index contributed by atoms with van der Waals surface area (Å²) >= 11 is 0. The number of ether oxygens (including phenoxy) is 1. The molecule has 0 radical (unpaired) electrons. The van der Waals surface area contributed by atoms with Crippen LogP contribution in [0.5, 0.6) is 11.5 Å². The molecule has 2 heteroatoms. The SMILES string of the molecule is CC(C)CCCCN1c2ccccc2Oc2ccccc21. The molecule has 2 nitrogen and oxygen atoms in total. The highest BCUT2D eigenvalue weighted by Gasteiger charge is 2.22. The van der Waals surface area contributed by atoms with Crippen molar-refractivity contribution in [2.45, 2.75) is 33.1 Å². The molecule has 0 saturated heterocycles. The summed E-state index contributed by atoms with van der Waals surface area (Å²) in [5.41, 5.74) is 2.36. The Balaban J connectivity index is 1.81. The number of hydrogen-bond donors (Lipinski definition) is 0. The first-order valence-electron chi connectivity index (χ1n) is 7.89. The van der Waals surface area contributed by atoms with Gasteiger partial charge < -0.3 is 9.64 Å². The standard InChI is InChI=1S/C19H23NO/c1-15(2)9-7-8-14-20-16-10-3-5-12-18(16)21-19-13-6-4-11-17(19)20/h3-6,10-13,15H,7-9,14H2,1-2H3. The third-order valence-electron chi connectivity index (χ3n) is 3.95. The van der Waals surface area contributed by atoms with Gasteiger partial charge in [-0.25, -0.2) is 0 Å². The predicted octanol–water partition coefficient (Wildman–Crippen LogP) is 5.76. The van der Waals surface area contributed by atoms with E-state index in [1.165, 1.54) is 30.6 Å². The van der Waals surface area contributed by atoms with Crippen LogP contribution in [0.3, 0.4) is 0 Å². The maximum atomic E-state index is 6.01. The number of para-hydroxylation sites is 4. The van der Waals surface area contributed by atoms with Crippen LogP contribution in [-0.2, 0) is 0 Å². The lowest BCUT2D eigenvalue weighted by atomic mass is 10.1. The van der Waals surface area contributed by atoms with Gasteiger partial charge in [0.25, 0.3) is 0 Å². The van der Waals surface area contributed by atoms with Crippen molar-refractivity contribution in [1.82, 2.24) is 0 Å². The molecule has 0 aliphatic carbocycles. The monoisotopic (exact) mass is 281 g/mol. The Bertz CT molecular complexity index is 561. The fourth-order valence-corrected chi connectivity index (χ4v) is 2.84. The minimum atomic E-state index is 0.786. The fourth-order valence-electron chi connectivity index (χ4n) is 2.84. The Hall–Kier alpha value is -1.96. The van der Waals surface area contributed by atoms with Gasteiger partial charge in [0.15, 0.2) is 11.5 Å². The van der Waals surface area contributed by atoms with E-state index in [0.29, 0.717) is 0 Å². The molecule has 1 heterocycles. The van der Waals surface area contributed by atoms with Gasteiger partial charge in [-0.3, -0.25) is 0 Å². The molecule has 2 aromatic rings. The van der Waals surface area contributed by atoms with E-state index < -0.39 is 0 Å². The van der Waals surface area contributed by atoms with Gasteiger partial charge in [-0.05, 0) is 36.6 Å². The second-order valence-corrected chi connectivity index (χ2v) is 6.08. The Morgan fingerprint density at radius 2 is 1.43 bits per heavy atom.